The van der Waals surface area contributed by atoms with Crippen molar-refractivity contribution in [3.63, 3.8) is 0 Å². The van der Waals surface area contributed by atoms with Crippen molar-refractivity contribution in [2.24, 2.45) is 10.8 Å². The van der Waals surface area contributed by atoms with Gasteiger partial charge in [0.05, 0.1) is 18.9 Å². The van der Waals surface area contributed by atoms with Crippen molar-refractivity contribution < 1.29 is 14.3 Å². The molecule has 24 heavy (non-hydrogen) atoms. The zero-order chi connectivity index (χ0) is 17.5. The number of hydrazone groups is 1. The van der Waals surface area contributed by atoms with E-state index in [9.17, 15) is 4.79 Å². The van der Waals surface area contributed by atoms with Crippen molar-refractivity contribution in [1.82, 2.24) is 5.43 Å². The zero-order valence-corrected chi connectivity index (χ0v) is 14.1. The van der Waals surface area contributed by atoms with Crippen molar-refractivity contribution in [1.29, 1.82) is 0 Å². The maximum atomic E-state index is 12.3. The van der Waals surface area contributed by atoms with Gasteiger partial charge in [-0.3, -0.25) is 5.43 Å². The predicted molar refractivity (Wildman–Crippen MR) is 96.6 cm³/mol. The zero-order valence-electron chi connectivity index (χ0n) is 13.3. The van der Waals surface area contributed by atoms with Gasteiger partial charge in [-0.2, -0.15) is 5.10 Å². The molecule has 6 nitrogen and oxygen atoms in total. The molecule has 0 unspecified atom stereocenters. The first-order valence-corrected chi connectivity index (χ1v) is 7.46. The standard InChI is InChI=1S/C17H17N3O3S/c1-11-3-6-13(7-4-11)16(21)23-15-9-12(5-8-14(15)22-2)10-19-20-17(18)24/h3-10H,1-2H3,(H3,18,20,24). The van der Waals surface area contributed by atoms with E-state index in [4.69, 9.17) is 15.2 Å². The first-order valence-electron chi connectivity index (χ1n) is 7.05. The normalized spacial score (nSPS) is 10.4. The first-order chi connectivity index (χ1) is 11.5. The van der Waals surface area contributed by atoms with E-state index >= 15 is 0 Å². The van der Waals surface area contributed by atoms with E-state index < -0.39 is 5.97 Å². The summed E-state index contributed by atoms with van der Waals surface area (Å²) in [6, 6.07) is 12.2. The summed E-state index contributed by atoms with van der Waals surface area (Å²) in [6.45, 7) is 1.95. The number of methoxy groups -OCH3 is 1. The smallest absolute Gasteiger partial charge is 0.343 e. The second kappa shape index (κ2) is 8.07. The average Bonchev–Trinajstić information content (AvgIpc) is 2.55. The summed E-state index contributed by atoms with van der Waals surface area (Å²) in [4.78, 5) is 12.3. The quantitative estimate of drug-likeness (QED) is 0.285. The Bertz CT molecular complexity index is 773. The van der Waals surface area contributed by atoms with Gasteiger partial charge in [0.25, 0.3) is 0 Å². The fourth-order valence-electron chi connectivity index (χ4n) is 1.87. The van der Waals surface area contributed by atoms with Gasteiger partial charge in [0, 0.05) is 0 Å². The summed E-state index contributed by atoms with van der Waals surface area (Å²) >= 11 is 4.66. The molecule has 0 saturated heterocycles. The summed E-state index contributed by atoms with van der Waals surface area (Å²) in [5.41, 5.74) is 9.95. The largest absolute Gasteiger partial charge is 0.493 e. The third kappa shape index (κ3) is 4.79. The summed E-state index contributed by atoms with van der Waals surface area (Å²) in [5.74, 6) is 0.265. The van der Waals surface area contributed by atoms with Crippen LogP contribution < -0.4 is 20.6 Å². The fraction of sp³-hybridized carbons (Fsp3) is 0.118. The third-order valence-electron chi connectivity index (χ3n) is 3.07. The number of thiocarbonyl (C=S) groups is 1. The number of carbonyl (C=O) groups is 1. The highest BCUT2D eigenvalue weighted by Gasteiger charge is 2.12. The Kier molecular flexibility index (Phi) is 5.86. The Balaban J connectivity index is 2.20. The van der Waals surface area contributed by atoms with Crippen LogP contribution in [0, 0.1) is 6.92 Å². The number of esters is 1. The Morgan fingerprint density at radius 3 is 2.54 bits per heavy atom. The number of rotatable bonds is 5. The van der Waals surface area contributed by atoms with Gasteiger partial charge in [-0.05, 0) is 55.0 Å². The molecule has 7 heteroatoms. The van der Waals surface area contributed by atoms with Gasteiger partial charge < -0.3 is 15.2 Å². The van der Waals surface area contributed by atoms with Crippen LogP contribution in [0.5, 0.6) is 11.5 Å². The lowest BCUT2D eigenvalue weighted by Crippen LogP contribution is -2.23. The van der Waals surface area contributed by atoms with Gasteiger partial charge in [-0.15, -0.1) is 0 Å². The van der Waals surface area contributed by atoms with Crippen LogP contribution in [0.25, 0.3) is 0 Å². The van der Waals surface area contributed by atoms with Crippen molar-refractivity contribution >= 4 is 29.5 Å². The number of aryl methyl sites for hydroxylation is 1. The molecule has 0 aliphatic heterocycles. The second-order valence-corrected chi connectivity index (χ2v) is 5.34. The molecule has 0 radical (unpaired) electrons. The van der Waals surface area contributed by atoms with E-state index in [0.29, 0.717) is 22.6 Å². The number of carbonyl (C=O) groups excluding carboxylic acids is 1. The molecule has 0 atom stereocenters. The molecule has 0 spiro atoms. The van der Waals surface area contributed by atoms with E-state index in [1.807, 2.05) is 19.1 Å². The predicted octanol–water partition coefficient (Wildman–Crippen LogP) is 2.39. The van der Waals surface area contributed by atoms with Gasteiger partial charge in [0.1, 0.15) is 0 Å². The molecule has 0 aliphatic carbocycles. The van der Waals surface area contributed by atoms with Crippen molar-refractivity contribution in [3.05, 3.63) is 59.2 Å². The minimum Gasteiger partial charge on any atom is -0.493 e. The summed E-state index contributed by atoms with van der Waals surface area (Å²) in [5, 5.41) is 3.92. The van der Waals surface area contributed by atoms with Gasteiger partial charge in [0.15, 0.2) is 16.6 Å². The minimum atomic E-state index is -0.469. The van der Waals surface area contributed by atoms with Crippen LogP contribution in [0.15, 0.2) is 47.6 Å². The number of hydrogen-bond donors (Lipinski definition) is 2. The highest BCUT2D eigenvalue weighted by atomic mass is 32.1. The van der Waals surface area contributed by atoms with E-state index in [0.717, 1.165) is 5.56 Å². The van der Waals surface area contributed by atoms with Crippen LogP contribution in [0.4, 0.5) is 0 Å². The molecule has 0 saturated carbocycles. The van der Waals surface area contributed by atoms with Gasteiger partial charge >= 0.3 is 5.97 Å². The molecule has 2 rings (SSSR count). The van der Waals surface area contributed by atoms with Crippen LogP contribution in [0.1, 0.15) is 21.5 Å². The Hall–Kier alpha value is -2.93. The Morgan fingerprint density at radius 1 is 1.21 bits per heavy atom. The van der Waals surface area contributed by atoms with Crippen molar-refractivity contribution in [2.45, 2.75) is 6.92 Å². The first kappa shape index (κ1) is 17.4. The molecule has 0 bridgehead atoms. The number of nitrogens with two attached hydrogens (primary N) is 1. The van der Waals surface area contributed by atoms with Crippen LogP contribution in [0.2, 0.25) is 0 Å². The Labute approximate surface area is 145 Å². The minimum absolute atomic E-state index is 0.0609. The van der Waals surface area contributed by atoms with Crippen molar-refractivity contribution in [2.75, 3.05) is 7.11 Å². The molecular weight excluding hydrogens is 326 g/mol. The molecule has 2 aromatic carbocycles. The highest BCUT2D eigenvalue weighted by Crippen LogP contribution is 2.28. The van der Waals surface area contributed by atoms with Crippen LogP contribution >= 0.6 is 12.2 Å². The van der Waals surface area contributed by atoms with Crippen molar-refractivity contribution in [3.8, 4) is 11.5 Å². The monoisotopic (exact) mass is 343 g/mol. The van der Waals surface area contributed by atoms with Crippen LogP contribution in [-0.2, 0) is 0 Å². The van der Waals surface area contributed by atoms with Crippen LogP contribution in [-0.4, -0.2) is 24.4 Å². The van der Waals surface area contributed by atoms with Gasteiger partial charge in [0.2, 0.25) is 0 Å². The molecular formula is C17H17N3O3S. The third-order valence-corrected chi connectivity index (χ3v) is 3.16. The van der Waals surface area contributed by atoms with E-state index in [1.54, 1.807) is 30.3 Å². The molecule has 124 valence electrons. The lowest BCUT2D eigenvalue weighted by molar-refractivity contribution is 0.0729. The second-order valence-electron chi connectivity index (χ2n) is 4.90. The number of hydrogen-bond acceptors (Lipinski definition) is 5. The fourth-order valence-corrected chi connectivity index (χ4v) is 1.92. The van der Waals surface area contributed by atoms with E-state index in [2.05, 4.69) is 22.7 Å². The number of nitrogens with one attached hydrogen (secondary N) is 1. The topological polar surface area (TPSA) is 85.9 Å². The SMILES string of the molecule is COc1ccc(C=NNC(N)=S)cc1OC(=O)c1ccc(C)cc1. The number of benzene rings is 2. The van der Waals surface area contributed by atoms with Crippen LogP contribution in [0.3, 0.4) is 0 Å². The summed E-state index contributed by atoms with van der Waals surface area (Å²) in [6.07, 6.45) is 1.50. The number of ether oxygens (including phenoxy) is 2. The molecule has 0 heterocycles. The van der Waals surface area contributed by atoms with E-state index in [1.165, 1.54) is 13.3 Å². The lowest BCUT2D eigenvalue weighted by Gasteiger charge is -2.10. The maximum Gasteiger partial charge on any atom is 0.343 e. The molecule has 0 fully saturated rings. The highest BCUT2D eigenvalue weighted by molar-refractivity contribution is 7.80. The average molecular weight is 343 g/mol. The summed E-state index contributed by atoms with van der Waals surface area (Å²) in [7, 11) is 1.50. The van der Waals surface area contributed by atoms with Gasteiger partial charge in [-0.1, -0.05) is 17.7 Å². The summed E-state index contributed by atoms with van der Waals surface area (Å²) < 4.78 is 10.7. The van der Waals surface area contributed by atoms with Gasteiger partial charge in [-0.25, -0.2) is 4.79 Å². The number of nitrogens with zero attached hydrogens (tertiary/aromatic N) is 1. The van der Waals surface area contributed by atoms with E-state index in [-0.39, 0.29) is 5.11 Å². The lowest BCUT2D eigenvalue weighted by atomic mass is 10.1. The molecule has 3 N–H and O–H groups in total. The molecule has 2 aromatic rings. The maximum absolute atomic E-state index is 12.3. The molecule has 0 amide bonds. The molecule has 0 aromatic heterocycles. The molecule has 0 aliphatic rings. The Morgan fingerprint density at radius 2 is 1.92 bits per heavy atom.